The minimum Gasteiger partial charge on any atom is -0.490 e. The third-order valence-electron chi connectivity index (χ3n) is 4.49. The van der Waals surface area contributed by atoms with Crippen LogP contribution in [0.15, 0.2) is 36.4 Å². The number of amides is 2. The van der Waals surface area contributed by atoms with Crippen LogP contribution in [0.1, 0.15) is 38.1 Å². The first-order valence-electron chi connectivity index (χ1n) is 9.63. The second kappa shape index (κ2) is 8.43. The lowest BCUT2D eigenvalue weighted by Crippen LogP contribution is -2.33. The summed E-state index contributed by atoms with van der Waals surface area (Å²) in [4.78, 5) is 25.1. The number of fused-ring (bicyclic) bond motifs is 1. The van der Waals surface area contributed by atoms with Gasteiger partial charge < -0.3 is 24.8 Å². The summed E-state index contributed by atoms with van der Waals surface area (Å²) in [6, 6.07) is 10.2. The molecular formula is C22H26N2O5. The molecule has 0 fully saturated rings. The molecule has 0 unspecified atom stereocenters. The van der Waals surface area contributed by atoms with E-state index in [0.29, 0.717) is 47.4 Å². The van der Waals surface area contributed by atoms with Crippen LogP contribution in [0.3, 0.4) is 0 Å². The number of carbonyl (C=O) groups is 2. The van der Waals surface area contributed by atoms with E-state index in [2.05, 4.69) is 10.6 Å². The zero-order valence-electron chi connectivity index (χ0n) is 17.1. The smallest absolute Gasteiger partial charge is 0.255 e. The van der Waals surface area contributed by atoms with E-state index in [4.69, 9.17) is 14.2 Å². The summed E-state index contributed by atoms with van der Waals surface area (Å²) in [5, 5.41) is 5.70. The second-order valence-corrected chi connectivity index (χ2v) is 7.32. The maximum atomic E-state index is 12.7. The number of ether oxygens (including phenoxy) is 3. The molecule has 0 aromatic heterocycles. The van der Waals surface area contributed by atoms with Gasteiger partial charge in [0, 0.05) is 11.3 Å². The molecule has 0 spiro atoms. The second-order valence-electron chi connectivity index (χ2n) is 7.32. The Bertz CT molecular complexity index is 923. The standard InChI is InChI=1S/C22H26N2O5/c1-5-27-18-9-7-14(11-19(18)28-6-2)20(25)23-15-8-10-17-16(12-15)24-21(26)22(3,4)13-29-17/h7-12H,5-6,13H2,1-4H3,(H,23,25)(H,24,26). The zero-order chi connectivity index (χ0) is 21.0. The minimum atomic E-state index is -0.638. The molecule has 0 aliphatic carbocycles. The average molecular weight is 398 g/mol. The van der Waals surface area contributed by atoms with Gasteiger partial charge in [-0.3, -0.25) is 9.59 Å². The highest BCUT2D eigenvalue weighted by Gasteiger charge is 2.32. The van der Waals surface area contributed by atoms with Gasteiger partial charge in [-0.1, -0.05) is 0 Å². The molecule has 1 aliphatic heterocycles. The van der Waals surface area contributed by atoms with Crippen LogP contribution in [0.5, 0.6) is 17.2 Å². The molecule has 1 aliphatic rings. The lowest BCUT2D eigenvalue weighted by molar-refractivity contribution is -0.124. The third kappa shape index (κ3) is 4.62. The summed E-state index contributed by atoms with van der Waals surface area (Å²) < 4.78 is 16.8. The van der Waals surface area contributed by atoms with Gasteiger partial charge >= 0.3 is 0 Å². The molecule has 2 aromatic carbocycles. The van der Waals surface area contributed by atoms with Crippen molar-refractivity contribution in [2.75, 3.05) is 30.5 Å². The van der Waals surface area contributed by atoms with Gasteiger partial charge in [-0.15, -0.1) is 0 Å². The van der Waals surface area contributed by atoms with Crippen LogP contribution >= 0.6 is 0 Å². The van der Waals surface area contributed by atoms with Crippen molar-refractivity contribution < 1.29 is 23.8 Å². The Morgan fingerprint density at radius 1 is 1.10 bits per heavy atom. The predicted octanol–water partition coefficient (Wildman–Crippen LogP) is 4.09. The third-order valence-corrected chi connectivity index (χ3v) is 4.49. The first kappa shape index (κ1) is 20.5. The normalized spacial score (nSPS) is 14.7. The fourth-order valence-corrected chi connectivity index (χ4v) is 2.84. The topological polar surface area (TPSA) is 85.9 Å². The van der Waals surface area contributed by atoms with Gasteiger partial charge in [-0.05, 0) is 64.1 Å². The summed E-state index contributed by atoms with van der Waals surface area (Å²) >= 11 is 0. The molecule has 0 atom stereocenters. The van der Waals surface area contributed by atoms with Gasteiger partial charge in [0.25, 0.3) is 5.91 Å². The number of nitrogens with one attached hydrogen (secondary N) is 2. The van der Waals surface area contributed by atoms with Crippen LogP contribution in [0.25, 0.3) is 0 Å². The van der Waals surface area contributed by atoms with E-state index in [1.165, 1.54) is 0 Å². The highest BCUT2D eigenvalue weighted by Crippen LogP contribution is 2.34. The molecule has 0 saturated heterocycles. The molecule has 154 valence electrons. The van der Waals surface area contributed by atoms with Crippen molar-refractivity contribution in [2.45, 2.75) is 27.7 Å². The Hall–Kier alpha value is -3.22. The molecule has 0 bridgehead atoms. The van der Waals surface area contributed by atoms with Crippen LogP contribution in [-0.4, -0.2) is 31.6 Å². The van der Waals surface area contributed by atoms with Gasteiger partial charge in [0.2, 0.25) is 5.91 Å². The van der Waals surface area contributed by atoms with E-state index in [1.54, 1.807) is 36.4 Å². The highest BCUT2D eigenvalue weighted by molar-refractivity contribution is 6.05. The molecule has 29 heavy (non-hydrogen) atoms. The minimum absolute atomic E-state index is 0.132. The Balaban J connectivity index is 1.80. The number of carbonyl (C=O) groups excluding carboxylic acids is 2. The first-order valence-corrected chi connectivity index (χ1v) is 9.63. The van der Waals surface area contributed by atoms with E-state index in [-0.39, 0.29) is 18.4 Å². The Morgan fingerprint density at radius 3 is 2.55 bits per heavy atom. The number of rotatable bonds is 6. The zero-order valence-corrected chi connectivity index (χ0v) is 17.1. The molecule has 7 nitrogen and oxygen atoms in total. The van der Waals surface area contributed by atoms with Crippen molar-refractivity contribution >= 4 is 23.2 Å². The molecular weight excluding hydrogens is 372 g/mol. The molecule has 0 saturated carbocycles. The van der Waals surface area contributed by atoms with Gasteiger partial charge in [-0.2, -0.15) is 0 Å². The van der Waals surface area contributed by atoms with Gasteiger partial charge in [0.05, 0.1) is 24.3 Å². The van der Waals surface area contributed by atoms with Crippen LogP contribution in [0, 0.1) is 5.41 Å². The molecule has 2 amide bonds. The number of hydrogen-bond donors (Lipinski definition) is 2. The SMILES string of the molecule is CCOc1ccc(C(=O)Nc2ccc3c(c2)NC(=O)C(C)(C)CO3)cc1OCC. The Kier molecular flexibility index (Phi) is 5.96. The molecule has 2 N–H and O–H groups in total. The molecule has 3 rings (SSSR count). The molecule has 7 heteroatoms. The average Bonchev–Trinajstić information content (AvgIpc) is 2.79. The van der Waals surface area contributed by atoms with Crippen LogP contribution in [0.2, 0.25) is 0 Å². The maximum Gasteiger partial charge on any atom is 0.255 e. The fourth-order valence-electron chi connectivity index (χ4n) is 2.84. The van der Waals surface area contributed by atoms with Gasteiger partial charge in [0.15, 0.2) is 11.5 Å². The number of benzene rings is 2. The predicted molar refractivity (Wildman–Crippen MR) is 111 cm³/mol. The summed E-state index contributed by atoms with van der Waals surface area (Å²) in [6.07, 6.45) is 0. The lowest BCUT2D eigenvalue weighted by Gasteiger charge is -2.18. The van der Waals surface area contributed by atoms with Crippen molar-refractivity contribution in [3.8, 4) is 17.2 Å². The molecule has 2 aromatic rings. The van der Waals surface area contributed by atoms with Crippen molar-refractivity contribution in [2.24, 2.45) is 5.41 Å². The summed E-state index contributed by atoms with van der Waals surface area (Å²) in [7, 11) is 0. The van der Waals surface area contributed by atoms with Gasteiger partial charge in [-0.25, -0.2) is 0 Å². The first-order chi connectivity index (χ1) is 13.8. The quantitative estimate of drug-likeness (QED) is 0.765. The largest absolute Gasteiger partial charge is 0.490 e. The number of anilines is 2. The van der Waals surface area contributed by atoms with Gasteiger partial charge in [0.1, 0.15) is 12.4 Å². The van der Waals surface area contributed by atoms with Crippen LogP contribution < -0.4 is 24.8 Å². The van der Waals surface area contributed by atoms with Crippen LogP contribution in [0.4, 0.5) is 11.4 Å². The Morgan fingerprint density at radius 2 is 1.83 bits per heavy atom. The monoisotopic (exact) mass is 398 g/mol. The van der Waals surface area contributed by atoms with E-state index in [1.807, 2.05) is 27.7 Å². The van der Waals surface area contributed by atoms with Crippen molar-refractivity contribution in [3.05, 3.63) is 42.0 Å². The number of hydrogen-bond acceptors (Lipinski definition) is 5. The van der Waals surface area contributed by atoms with Crippen molar-refractivity contribution in [1.29, 1.82) is 0 Å². The van der Waals surface area contributed by atoms with E-state index < -0.39 is 5.41 Å². The Labute approximate surface area is 170 Å². The molecule has 1 heterocycles. The summed E-state index contributed by atoms with van der Waals surface area (Å²) in [5.41, 5.74) is 0.873. The molecule has 0 radical (unpaired) electrons. The summed E-state index contributed by atoms with van der Waals surface area (Å²) in [5.74, 6) is 1.26. The van der Waals surface area contributed by atoms with Crippen molar-refractivity contribution in [1.82, 2.24) is 0 Å². The maximum absolute atomic E-state index is 12.7. The highest BCUT2D eigenvalue weighted by atomic mass is 16.5. The van der Waals surface area contributed by atoms with E-state index in [9.17, 15) is 9.59 Å². The van der Waals surface area contributed by atoms with E-state index in [0.717, 1.165) is 0 Å². The fraction of sp³-hybridized carbons (Fsp3) is 0.364. The summed E-state index contributed by atoms with van der Waals surface area (Å²) in [6.45, 7) is 8.65. The van der Waals surface area contributed by atoms with Crippen LogP contribution in [-0.2, 0) is 4.79 Å². The lowest BCUT2D eigenvalue weighted by atomic mass is 9.94. The van der Waals surface area contributed by atoms with E-state index >= 15 is 0 Å². The van der Waals surface area contributed by atoms with Crippen molar-refractivity contribution in [3.63, 3.8) is 0 Å².